The van der Waals surface area contributed by atoms with Gasteiger partial charge in [-0.1, -0.05) is 25.0 Å². The van der Waals surface area contributed by atoms with Crippen LogP contribution in [-0.2, 0) is 16.0 Å². The van der Waals surface area contributed by atoms with Crippen molar-refractivity contribution >= 4 is 11.8 Å². The number of benzene rings is 1. The monoisotopic (exact) mass is 250 g/mol. The van der Waals surface area contributed by atoms with Crippen molar-refractivity contribution in [3.8, 4) is 5.75 Å². The van der Waals surface area contributed by atoms with Gasteiger partial charge in [0.15, 0.2) is 0 Å². The van der Waals surface area contributed by atoms with E-state index in [1.54, 1.807) is 12.1 Å². The van der Waals surface area contributed by atoms with E-state index in [9.17, 15) is 9.59 Å². The van der Waals surface area contributed by atoms with Crippen molar-refractivity contribution in [1.29, 1.82) is 0 Å². The molecule has 2 N–H and O–H groups in total. The van der Waals surface area contributed by atoms with E-state index >= 15 is 0 Å². The van der Waals surface area contributed by atoms with Gasteiger partial charge in [-0.15, -0.1) is 0 Å². The van der Waals surface area contributed by atoms with Gasteiger partial charge in [-0.05, 0) is 37.0 Å². The maximum absolute atomic E-state index is 10.8. The number of Topliss-reactive ketones (excluding diaryl/α,β-unsaturated/α-hetero) is 1. The molecule has 0 saturated carbocycles. The van der Waals surface area contributed by atoms with Crippen LogP contribution in [0, 0.1) is 0 Å². The van der Waals surface area contributed by atoms with E-state index < -0.39 is 11.8 Å². The summed E-state index contributed by atoms with van der Waals surface area (Å²) >= 11 is 0. The van der Waals surface area contributed by atoms with Crippen molar-refractivity contribution in [1.82, 2.24) is 0 Å². The number of ketones is 1. The quantitative estimate of drug-likeness (QED) is 0.549. The number of aliphatic carboxylic acids is 1. The Labute approximate surface area is 106 Å². The zero-order valence-corrected chi connectivity index (χ0v) is 10.3. The molecule has 0 spiro atoms. The van der Waals surface area contributed by atoms with E-state index in [1.807, 2.05) is 12.1 Å². The smallest absolute Gasteiger partial charge is 0.372 e. The first-order valence-corrected chi connectivity index (χ1v) is 6.13. The zero-order valence-electron chi connectivity index (χ0n) is 10.3. The predicted molar refractivity (Wildman–Crippen MR) is 67.5 cm³/mol. The van der Waals surface area contributed by atoms with Crippen molar-refractivity contribution in [2.75, 3.05) is 0 Å². The number of rotatable bonds is 8. The summed E-state index contributed by atoms with van der Waals surface area (Å²) in [5.41, 5.74) is 1.18. The molecule has 98 valence electrons. The summed E-state index contributed by atoms with van der Waals surface area (Å²) < 4.78 is 0. The molecule has 4 heteroatoms. The van der Waals surface area contributed by atoms with Gasteiger partial charge < -0.3 is 10.2 Å². The van der Waals surface area contributed by atoms with Gasteiger partial charge >= 0.3 is 5.97 Å². The summed E-state index contributed by atoms with van der Waals surface area (Å²) in [6.07, 6.45) is 4.57. The highest BCUT2D eigenvalue weighted by atomic mass is 16.4. The lowest BCUT2D eigenvalue weighted by molar-refractivity contribution is -0.149. The second-order valence-corrected chi connectivity index (χ2v) is 4.31. The summed E-state index contributed by atoms with van der Waals surface area (Å²) in [7, 11) is 0. The SMILES string of the molecule is O=C(O)C(=O)CCCCCCc1ccc(O)cc1. The zero-order chi connectivity index (χ0) is 13.4. The van der Waals surface area contributed by atoms with Crippen molar-refractivity contribution in [3.63, 3.8) is 0 Å². The molecular weight excluding hydrogens is 232 g/mol. The number of phenolic OH excluding ortho intramolecular Hbond substituents is 1. The minimum absolute atomic E-state index is 0.133. The van der Waals surface area contributed by atoms with Crippen LogP contribution in [-0.4, -0.2) is 22.0 Å². The van der Waals surface area contributed by atoms with Crippen LogP contribution in [0.4, 0.5) is 0 Å². The Morgan fingerprint density at radius 3 is 2.17 bits per heavy atom. The third-order valence-electron chi connectivity index (χ3n) is 2.79. The van der Waals surface area contributed by atoms with Gasteiger partial charge in [0.05, 0.1) is 0 Å². The predicted octanol–water partition coefficient (Wildman–Crippen LogP) is 2.54. The van der Waals surface area contributed by atoms with Crippen LogP contribution in [0.2, 0.25) is 0 Å². The Bertz CT molecular complexity index is 395. The molecule has 0 fully saturated rings. The summed E-state index contributed by atoms with van der Waals surface area (Å²) in [4.78, 5) is 21.1. The van der Waals surface area contributed by atoms with Crippen LogP contribution < -0.4 is 0 Å². The normalized spacial score (nSPS) is 10.2. The van der Waals surface area contributed by atoms with E-state index in [0.717, 1.165) is 25.7 Å². The average Bonchev–Trinajstić information content (AvgIpc) is 2.35. The largest absolute Gasteiger partial charge is 0.508 e. The highest BCUT2D eigenvalue weighted by molar-refractivity contribution is 6.32. The Morgan fingerprint density at radius 2 is 1.56 bits per heavy atom. The number of phenols is 1. The van der Waals surface area contributed by atoms with Crippen molar-refractivity contribution in [2.24, 2.45) is 0 Å². The van der Waals surface area contributed by atoms with E-state index in [0.29, 0.717) is 6.42 Å². The van der Waals surface area contributed by atoms with Crippen molar-refractivity contribution < 1.29 is 19.8 Å². The number of carbonyl (C=O) groups is 2. The van der Waals surface area contributed by atoms with Crippen LogP contribution in [0.25, 0.3) is 0 Å². The Hall–Kier alpha value is -1.84. The topological polar surface area (TPSA) is 74.6 Å². The number of hydrogen-bond donors (Lipinski definition) is 2. The molecule has 0 aliphatic heterocycles. The molecular formula is C14H18O4. The first kappa shape index (κ1) is 14.2. The van der Waals surface area contributed by atoms with E-state index in [2.05, 4.69) is 0 Å². The van der Waals surface area contributed by atoms with E-state index in [1.165, 1.54) is 5.56 Å². The number of carboxylic acid groups (broad SMARTS) is 1. The second-order valence-electron chi connectivity index (χ2n) is 4.31. The van der Waals surface area contributed by atoms with Crippen LogP contribution in [0.1, 0.15) is 37.7 Å². The molecule has 0 amide bonds. The molecule has 0 radical (unpaired) electrons. The van der Waals surface area contributed by atoms with Crippen molar-refractivity contribution in [2.45, 2.75) is 38.5 Å². The average molecular weight is 250 g/mol. The molecule has 0 bridgehead atoms. The van der Waals surface area contributed by atoms with Crippen LogP contribution in [0.15, 0.2) is 24.3 Å². The third-order valence-corrected chi connectivity index (χ3v) is 2.79. The fourth-order valence-corrected chi connectivity index (χ4v) is 1.74. The Kier molecular flexibility index (Phi) is 5.91. The fourth-order valence-electron chi connectivity index (χ4n) is 1.74. The summed E-state index contributed by atoms with van der Waals surface area (Å²) in [5.74, 6) is -1.77. The maximum atomic E-state index is 10.8. The van der Waals surface area contributed by atoms with E-state index in [4.69, 9.17) is 10.2 Å². The standard InChI is InChI=1S/C14H18O4/c15-12-9-7-11(8-10-12)5-3-1-2-4-6-13(16)14(17)18/h7-10,15H,1-6H2,(H,17,18). The van der Waals surface area contributed by atoms with Gasteiger partial charge in [0.2, 0.25) is 5.78 Å². The van der Waals surface area contributed by atoms with Gasteiger partial charge in [-0.25, -0.2) is 4.79 Å². The van der Waals surface area contributed by atoms with Gasteiger partial charge in [-0.2, -0.15) is 0 Å². The highest BCUT2D eigenvalue weighted by Crippen LogP contribution is 2.13. The first-order chi connectivity index (χ1) is 8.59. The molecule has 0 aromatic heterocycles. The fraction of sp³-hybridized carbons (Fsp3) is 0.429. The molecule has 1 rings (SSSR count). The summed E-state index contributed by atoms with van der Waals surface area (Å²) in [6, 6.07) is 7.12. The molecule has 1 aromatic carbocycles. The van der Waals surface area contributed by atoms with Crippen molar-refractivity contribution in [3.05, 3.63) is 29.8 Å². The number of carbonyl (C=O) groups excluding carboxylic acids is 1. The Morgan fingerprint density at radius 1 is 0.944 bits per heavy atom. The maximum Gasteiger partial charge on any atom is 0.372 e. The van der Waals surface area contributed by atoms with Gasteiger partial charge in [0, 0.05) is 6.42 Å². The van der Waals surface area contributed by atoms with Crippen LogP contribution in [0.5, 0.6) is 5.75 Å². The molecule has 1 aromatic rings. The van der Waals surface area contributed by atoms with Crippen LogP contribution >= 0.6 is 0 Å². The number of aromatic hydroxyl groups is 1. The lowest BCUT2D eigenvalue weighted by Gasteiger charge is -2.02. The number of unbranched alkanes of at least 4 members (excludes halogenated alkanes) is 3. The summed E-state index contributed by atoms with van der Waals surface area (Å²) in [6.45, 7) is 0. The lowest BCUT2D eigenvalue weighted by Crippen LogP contribution is -2.11. The number of carboxylic acids is 1. The highest BCUT2D eigenvalue weighted by Gasteiger charge is 2.09. The first-order valence-electron chi connectivity index (χ1n) is 6.13. The molecule has 0 heterocycles. The van der Waals surface area contributed by atoms with Crippen LogP contribution in [0.3, 0.4) is 0 Å². The molecule has 18 heavy (non-hydrogen) atoms. The summed E-state index contributed by atoms with van der Waals surface area (Å²) in [5, 5.41) is 17.5. The lowest BCUT2D eigenvalue weighted by atomic mass is 10.0. The number of aryl methyl sites for hydroxylation is 1. The molecule has 0 atom stereocenters. The minimum atomic E-state index is -1.33. The number of hydrogen-bond acceptors (Lipinski definition) is 3. The molecule has 0 aliphatic rings. The van der Waals surface area contributed by atoms with Gasteiger partial charge in [-0.3, -0.25) is 4.79 Å². The molecule has 0 unspecified atom stereocenters. The Balaban J connectivity index is 2.07. The molecule has 0 aliphatic carbocycles. The van der Waals surface area contributed by atoms with E-state index in [-0.39, 0.29) is 12.2 Å². The second kappa shape index (κ2) is 7.48. The molecule has 4 nitrogen and oxygen atoms in total. The van der Waals surface area contributed by atoms with Gasteiger partial charge in [0.1, 0.15) is 5.75 Å². The van der Waals surface area contributed by atoms with Gasteiger partial charge in [0.25, 0.3) is 0 Å². The third kappa shape index (κ3) is 5.48. The minimum Gasteiger partial charge on any atom is -0.508 e. The molecule has 0 saturated heterocycles.